The van der Waals surface area contributed by atoms with E-state index in [1.165, 1.54) is 16.7 Å². The van der Waals surface area contributed by atoms with Gasteiger partial charge in [-0.25, -0.2) is 0 Å². The molecule has 0 radical (unpaired) electrons. The van der Waals surface area contributed by atoms with E-state index in [2.05, 4.69) is 102 Å². The minimum atomic E-state index is -0.758. The summed E-state index contributed by atoms with van der Waals surface area (Å²) in [5, 5.41) is 24.1. The lowest BCUT2D eigenvalue weighted by atomic mass is 9.70. The van der Waals surface area contributed by atoms with Crippen molar-refractivity contribution < 1.29 is 15.0 Å². The summed E-state index contributed by atoms with van der Waals surface area (Å²) in [6, 6.07) is 8.53. The molecule has 0 saturated carbocycles. The Morgan fingerprint density at radius 1 is 0.795 bits per heavy atom. The predicted molar refractivity (Wildman–Crippen MR) is 184 cm³/mol. The zero-order chi connectivity index (χ0) is 32.9. The molecule has 2 N–H and O–H groups in total. The number of nitroso groups, excluding NO2 is 1. The second-order valence-corrected chi connectivity index (χ2v) is 16.0. The summed E-state index contributed by atoms with van der Waals surface area (Å²) in [6.45, 7) is 19.2. The van der Waals surface area contributed by atoms with Gasteiger partial charge in [-0.15, -0.1) is 4.91 Å². The first-order valence-electron chi connectivity index (χ1n) is 16.6. The van der Waals surface area contributed by atoms with Gasteiger partial charge in [-0.05, 0) is 71.8 Å². The van der Waals surface area contributed by atoms with Crippen molar-refractivity contribution >= 4 is 17.1 Å². The first-order chi connectivity index (χ1) is 20.4. The van der Waals surface area contributed by atoms with Crippen LogP contribution in [-0.2, 0) is 4.79 Å². The molecule has 242 valence electrons. The van der Waals surface area contributed by atoms with E-state index in [1.807, 2.05) is 0 Å². The Labute approximate surface area is 266 Å². The van der Waals surface area contributed by atoms with Gasteiger partial charge in [-0.3, -0.25) is 4.79 Å². The fourth-order valence-electron chi connectivity index (χ4n) is 6.81. The maximum Gasteiger partial charge on any atom is 0.291 e. The fourth-order valence-corrected chi connectivity index (χ4v) is 6.81. The van der Waals surface area contributed by atoms with Crippen LogP contribution in [0.1, 0.15) is 125 Å². The van der Waals surface area contributed by atoms with Crippen LogP contribution in [0, 0.1) is 32.5 Å². The molecule has 2 aliphatic carbocycles. The summed E-state index contributed by atoms with van der Waals surface area (Å²) >= 11 is 0. The molecule has 0 fully saturated rings. The molecule has 5 heteroatoms. The van der Waals surface area contributed by atoms with Gasteiger partial charge in [0.05, 0.1) is 0 Å². The summed E-state index contributed by atoms with van der Waals surface area (Å²) in [4.78, 5) is 22.6. The maximum atomic E-state index is 11.9. The summed E-state index contributed by atoms with van der Waals surface area (Å²) in [7, 11) is 0. The predicted octanol–water partition coefficient (Wildman–Crippen LogP) is 9.84. The maximum absolute atomic E-state index is 11.9. The Kier molecular flexibility index (Phi) is 11.6. The lowest BCUT2D eigenvalue weighted by Gasteiger charge is -2.35. The highest BCUT2D eigenvalue weighted by atomic mass is 16.3. The molecule has 5 nitrogen and oxygen atoms in total. The number of hydrogen-bond donors (Lipinski definition) is 2. The standard InChI is InChI=1S/C39H57NO4/c1-27-28(16-12-14-20-36(2,3)26-41)22-37(4,5)24-32(27)30-18-10-11-19-31(30)33-25-38(6,7)23-29(34(33)42)17-13-15-21-39(8,9)35(43)40-44/h10-11,18-19,22-25,27,34,41-42H,12-17,20-21,26H2,1-9H3. The fraction of sp³-hybridized carbons (Fsp3) is 0.615. The number of amides is 1. The summed E-state index contributed by atoms with van der Waals surface area (Å²) in [5.41, 5.74) is 5.94. The van der Waals surface area contributed by atoms with E-state index in [1.54, 1.807) is 13.8 Å². The van der Waals surface area contributed by atoms with E-state index in [0.29, 0.717) is 6.42 Å². The quantitative estimate of drug-likeness (QED) is 0.126. The number of rotatable bonds is 14. The third-order valence-electron chi connectivity index (χ3n) is 9.56. The molecule has 0 aromatic heterocycles. The third kappa shape index (κ3) is 9.20. The number of benzene rings is 1. The van der Waals surface area contributed by atoms with E-state index >= 15 is 0 Å². The topological polar surface area (TPSA) is 87.0 Å². The summed E-state index contributed by atoms with van der Waals surface area (Å²) in [6.07, 6.45) is 15.7. The second-order valence-electron chi connectivity index (χ2n) is 16.0. The second kappa shape index (κ2) is 14.2. The minimum absolute atomic E-state index is 0.0328. The van der Waals surface area contributed by atoms with E-state index in [4.69, 9.17) is 0 Å². The lowest BCUT2D eigenvalue weighted by molar-refractivity contribution is -0.126. The SMILES string of the molecule is CC1C(CCCCC(C)(C)CO)=CC(C)(C)C=C1c1ccccc1C1=CC(C)(C)C=C(CCCCC(C)(C)C(=O)N=O)C1O. The van der Waals surface area contributed by atoms with Crippen LogP contribution in [0.5, 0.6) is 0 Å². The smallest absolute Gasteiger partial charge is 0.291 e. The summed E-state index contributed by atoms with van der Waals surface area (Å²) in [5.74, 6) is -0.332. The molecule has 0 heterocycles. The number of hydrogen-bond acceptors (Lipinski definition) is 4. The Balaban J connectivity index is 1.83. The van der Waals surface area contributed by atoms with Crippen molar-refractivity contribution in [2.24, 2.45) is 32.8 Å². The number of nitrogens with zero attached hydrogens (tertiary/aromatic N) is 1. The van der Waals surface area contributed by atoms with Crippen molar-refractivity contribution in [3.8, 4) is 0 Å². The zero-order valence-electron chi connectivity index (χ0n) is 28.8. The van der Waals surface area contributed by atoms with Crippen LogP contribution in [0.4, 0.5) is 0 Å². The molecular formula is C39H57NO4. The van der Waals surface area contributed by atoms with Crippen molar-refractivity contribution in [1.82, 2.24) is 0 Å². The molecule has 1 aromatic carbocycles. The van der Waals surface area contributed by atoms with Crippen LogP contribution in [0.3, 0.4) is 0 Å². The van der Waals surface area contributed by atoms with Gasteiger partial charge in [0.15, 0.2) is 0 Å². The molecular weight excluding hydrogens is 546 g/mol. The van der Waals surface area contributed by atoms with Crippen molar-refractivity contribution in [3.63, 3.8) is 0 Å². The first kappa shape index (κ1) is 35.8. The molecule has 0 spiro atoms. The number of carbonyl (C=O) groups excluding carboxylic acids is 1. The van der Waals surface area contributed by atoms with Gasteiger partial charge >= 0.3 is 0 Å². The molecule has 2 aliphatic rings. The first-order valence-corrected chi connectivity index (χ1v) is 16.6. The largest absolute Gasteiger partial charge is 0.396 e. The van der Waals surface area contributed by atoms with E-state index in [9.17, 15) is 19.9 Å². The van der Waals surface area contributed by atoms with E-state index < -0.39 is 17.4 Å². The lowest BCUT2D eigenvalue weighted by Crippen LogP contribution is -2.24. The highest BCUT2D eigenvalue weighted by Crippen LogP contribution is 2.46. The molecule has 2 unspecified atom stereocenters. The van der Waals surface area contributed by atoms with Crippen molar-refractivity contribution in [2.75, 3.05) is 6.61 Å². The van der Waals surface area contributed by atoms with Crippen molar-refractivity contribution in [3.05, 3.63) is 75.7 Å². The van der Waals surface area contributed by atoms with Gasteiger partial charge < -0.3 is 10.2 Å². The average Bonchev–Trinajstić information content (AvgIpc) is 2.95. The van der Waals surface area contributed by atoms with Gasteiger partial charge in [0.1, 0.15) is 6.10 Å². The molecule has 0 saturated heterocycles. The van der Waals surface area contributed by atoms with E-state index in [0.717, 1.165) is 61.7 Å². The van der Waals surface area contributed by atoms with Crippen molar-refractivity contribution in [2.45, 2.75) is 120 Å². The highest BCUT2D eigenvalue weighted by Gasteiger charge is 2.33. The van der Waals surface area contributed by atoms with Crippen LogP contribution < -0.4 is 0 Å². The van der Waals surface area contributed by atoms with Crippen molar-refractivity contribution in [1.29, 1.82) is 0 Å². The van der Waals surface area contributed by atoms with Crippen LogP contribution in [-0.4, -0.2) is 28.8 Å². The number of unbranched alkanes of at least 4 members (excludes halogenated alkanes) is 2. The third-order valence-corrected chi connectivity index (χ3v) is 9.56. The normalized spacial score (nSPS) is 21.6. The van der Waals surface area contributed by atoms with Crippen LogP contribution >= 0.6 is 0 Å². The van der Waals surface area contributed by atoms with Gasteiger partial charge in [-0.1, -0.05) is 129 Å². The van der Waals surface area contributed by atoms with Crippen LogP contribution in [0.15, 0.2) is 64.9 Å². The number of aliphatic hydroxyl groups excluding tert-OH is 2. The van der Waals surface area contributed by atoms with Crippen LogP contribution in [0.25, 0.3) is 11.1 Å². The molecule has 1 aromatic rings. The van der Waals surface area contributed by atoms with E-state index in [-0.39, 0.29) is 28.8 Å². The Morgan fingerprint density at radius 3 is 1.86 bits per heavy atom. The molecule has 44 heavy (non-hydrogen) atoms. The molecule has 3 rings (SSSR count). The minimum Gasteiger partial charge on any atom is -0.396 e. The number of aliphatic hydroxyl groups is 2. The highest BCUT2D eigenvalue weighted by molar-refractivity contribution is 5.85. The monoisotopic (exact) mass is 603 g/mol. The van der Waals surface area contributed by atoms with Gasteiger partial charge in [0.2, 0.25) is 0 Å². The molecule has 0 bridgehead atoms. The molecule has 0 aliphatic heterocycles. The van der Waals surface area contributed by atoms with Gasteiger partial charge in [0, 0.05) is 33.9 Å². The zero-order valence-corrected chi connectivity index (χ0v) is 28.8. The molecule has 1 amide bonds. The Bertz CT molecular complexity index is 1320. The molecule has 2 atom stereocenters. The summed E-state index contributed by atoms with van der Waals surface area (Å²) < 4.78 is 0. The number of allylic oxidation sites excluding steroid dienone is 6. The number of carbonyl (C=O) groups is 1. The van der Waals surface area contributed by atoms with Crippen LogP contribution in [0.2, 0.25) is 0 Å². The van der Waals surface area contributed by atoms with Gasteiger partial charge in [0.25, 0.3) is 5.91 Å². The Hall–Kier alpha value is -2.63. The van der Waals surface area contributed by atoms with Gasteiger partial charge in [-0.2, -0.15) is 0 Å². The average molecular weight is 604 g/mol. The Morgan fingerprint density at radius 2 is 1.30 bits per heavy atom.